The van der Waals surface area contributed by atoms with E-state index >= 15 is 0 Å². The molecule has 2 unspecified atom stereocenters. The molecule has 0 aromatic heterocycles. The maximum absolute atomic E-state index is 12.6. The molecule has 2 heterocycles. The van der Waals surface area contributed by atoms with E-state index in [1.807, 2.05) is 4.90 Å². The van der Waals surface area contributed by atoms with Crippen molar-refractivity contribution in [3.05, 3.63) is 33.3 Å². The van der Waals surface area contributed by atoms with E-state index < -0.39 is 0 Å². The van der Waals surface area contributed by atoms with Gasteiger partial charge in [-0.05, 0) is 59.8 Å². The van der Waals surface area contributed by atoms with Gasteiger partial charge in [-0.1, -0.05) is 11.6 Å². The van der Waals surface area contributed by atoms with E-state index in [1.54, 1.807) is 18.2 Å². The second-order valence-corrected chi connectivity index (χ2v) is 7.17. The summed E-state index contributed by atoms with van der Waals surface area (Å²) in [6.45, 7) is 0. The number of hydrogen-bond donors (Lipinski definition) is 0. The first kappa shape index (κ1) is 13.7. The molecule has 5 heteroatoms. The molecule has 2 nitrogen and oxygen atoms in total. The Bertz CT molecular complexity index is 508. The second kappa shape index (κ2) is 5.27. The van der Waals surface area contributed by atoms with Crippen molar-refractivity contribution in [3.63, 3.8) is 0 Å². The zero-order valence-corrected chi connectivity index (χ0v) is 13.4. The molecule has 0 radical (unpaired) electrons. The summed E-state index contributed by atoms with van der Waals surface area (Å²) in [5.41, 5.74) is 0.696. The van der Waals surface area contributed by atoms with Crippen LogP contribution in [-0.4, -0.2) is 28.3 Å². The van der Waals surface area contributed by atoms with Crippen molar-refractivity contribution in [2.24, 2.45) is 0 Å². The number of carbonyl (C=O) groups is 1. The van der Waals surface area contributed by atoms with Crippen molar-refractivity contribution in [1.82, 2.24) is 4.90 Å². The van der Waals surface area contributed by atoms with E-state index in [1.165, 1.54) is 0 Å². The lowest BCUT2D eigenvalue weighted by Crippen LogP contribution is -2.46. The zero-order valence-electron chi connectivity index (χ0n) is 10.3. The van der Waals surface area contributed by atoms with Gasteiger partial charge in [0.25, 0.3) is 5.91 Å². The molecule has 3 rings (SSSR count). The first-order chi connectivity index (χ1) is 9.06. The SMILES string of the molecule is O=C(c1ccc(Cl)c(Br)c1)N1C2CCC1CC(Cl)C2. The normalized spacial score (nSPS) is 29.6. The number of carbonyl (C=O) groups excluding carboxylic acids is 1. The van der Waals surface area contributed by atoms with Gasteiger partial charge in [-0.2, -0.15) is 0 Å². The Balaban J connectivity index is 1.86. The van der Waals surface area contributed by atoms with Crippen molar-refractivity contribution in [2.75, 3.05) is 0 Å². The lowest BCUT2D eigenvalue weighted by atomic mass is 10.0. The predicted octanol–water partition coefficient (Wildman–Crippen LogP) is 4.48. The number of nitrogens with zero attached hydrogens (tertiary/aromatic N) is 1. The summed E-state index contributed by atoms with van der Waals surface area (Å²) < 4.78 is 0.764. The maximum atomic E-state index is 12.6. The molecule has 1 amide bonds. The molecule has 1 aromatic carbocycles. The number of fused-ring (bicyclic) bond motifs is 2. The summed E-state index contributed by atoms with van der Waals surface area (Å²) >= 11 is 15.6. The number of piperidine rings is 1. The smallest absolute Gasteiger partial charge is 0.254 e. The van der Waals surface area contributed by atoms with Crippen LogP contribution in [0, 0.1) is 0 Å². The first-order valence-electron chi connectivity index (χ1n) is 6.48. The highest BCUT2D eigenvalue weighted by Gasteiger charge is 2.42. The molecule has 1 aromatic rings. The molecule has 2 bridgehead atoms. The molecule has 0 saturated carbocycles. The predicted molar refractivity (Wildman–Crippen MR) is 81.0 cm³/mol. The van der Waals surface area contributed by atoms with Gasteiger partial charge < -0.3 is 4.90 Å². The van der Waals surface area contributed by atoms with Gasteiger partial charge in [0.1, 0.15) is 0 Å². The third kappa shape index (κ3) is 2.53. The fraction of sp³-hybridized carbons (Fsp3) is 0.500. The van der Waals surface area contributed by atoms with E-state index in [-0.39, 0.29) is 11.3 Å². The van der Waals surface area contributed by atoms with Gasteiger partial charge in [0.15, 0.2) is 0 Å². The van der Waals surface area contributed by atoms with Crippen LogP contribution in [0.1, 0.15) is 36.0 Å². The fourth-order valence-electron chi connectivity index (χ4n) is 3.22. The number of benzene rings is 1. The fourth-order valence-corrected chi connectivity index (χ4v) is 4.13. The number of hydrogen-bond acceptors (Lipinski definition) is 1. The second-order valence-electron chi connectivity index (χ2n) is 5.29. The average molecular weight is 363 g/mol. The molecule has 2 fully saturated rings. The van der Waals surface area contributed by atoms with Gasteiger partial charge in [-0.3, -0.25) is 4.79 Å². The summed E-state index contributed by atoms with van der Waals surface area (Å²) in [5.74, 6) is 0.105. The standard InChI is InChI=1S/C14H14BrCl2NO/c15-12-5-8(1-4-13(12)17)14(19)18-10-2-3-11(18)7-9(16)6-10/h1,4-5,9-11H,2-3,6-7H2. The van der Waals surface area contributed by atoms with Gasteiger partial charge in [0.05, 0.1) is 5.02 Å². The highest BCUT2D eigenvalue weighted by atomic mass is 79.9. The Morgan fingerprint density at radius 1 is 1.26 bits per heavy atom. The van der Waals surface area contributed by atoms with Crippen LogP contribution in [0.15, 0.2) is 22.7 Å². The quantitative estimate of drug-likeness (QED) is 0.674. The highest BCUT2D eigenvalue weighted by molar-refractivity contribution is 9.10. The Labute approximate surface area is 131 Å². The highest BCUT2D eigenvalue weighted by Crippen LogP contribution is 2.39. The molecule has 0 aliphatic carbocycles. The van der Waals surface area contributed by atoms with Gasteiger partial charge >= 0.3 is 0 Å². The van der Waals surface area contributed by atoms with E-state index in [0.29, 0.717) is 22.7 Å². The molecule has 2 saturated heterocycles. The Morgan fingerprint density at radius 3 is 2.47 bits per heavy atom. The molecule has 0 N–H and O–H groups in total. The molecular formula is C14H14BrCl2NO. The van der Waals surface area contributed by atoms with Crippen LogP contribution in [0.5, 0.6) is 0 Å². The summed E-state index contributed by atoms with van der Waals surface area (Å²) in [5, 5.41) is 0.845. The largest absolute Gasteiger partial charge is 0.333 e. The summed E-state index contributed by atoms with van der Waals surface area (Å²) in [6.07, 6.45) is 3.99. The van der Waals surface area contributed by atoms with E-state index in [2.05, 4.69) is 15.9 Å². The van der Waals surface area contributed by atoms with Crippen LogP contribution in [0.3, 0.4) is 0 Å². The van der Waals surface area contributed by atoms with Crippen LogP contribution >= 0.6 is 39.1 Å². The van der Waals surface area contributed by atoms with Crippen LogP contribution < -0.4 is 0 Å². The minimum Gasteiger partial charge on any atom is -0.333 e. The molecule has 0 spiro atoms. The number of amides is 1. The van der Waals surface area contributed by atoms with Gasteiger partial charge in [0.2, 0.25) is 0 Å². The molecular weight excluding hydrogens is 349 g/mol. The summed E-state index contributed by atoms with van der Waals surface area (Å²) in [7, 11) is 0. The minimum atomic E-state index is 0.105. The van der Waals surface area contributed by atoms with E-state index in [4.69, 9.17) is 23.2 Å². The van der Waals surface area contributed by atoms with Crippen LogP contribution in [0.4, 0.5) is 0 Å². The maximum Gasteiger partial charge on any atom is 0.254 e. The molecule has 2 aliphatic heterocycles. The van der Waals surface area contributed by atoms with Crippen molar-refractivity contribution >= 4 is 45.0 Å². The zero-order chi connectivity index (χ0) is 13.6. The van der Waals surface area contributed by atoms with Crippen molar-refractivity contribution < 1.29 is 4.79 Å². The molecule has 19 heavy (non-hydrogen) atoms. The van der Waals surface area contributed by atoms with Gasteiger partial charge in [-0.25, -0.2) is 0 Å². The Kier molecular flexibility index (Phi) is 3.80. The van der Waals surface area contributed by atoms with Crippen LogP contribution in [0.25, 0.3) is 0 Å². The number of rotatable bonds is 1. The Hall–Kier alpha value is -0.250. The van der Waals surface area contributed by atoms with Crippen LogP contribution in [0.2, 0.25) is 5.02 Å². The first-order valence-corrected chi connectivity index (χ1v) is 8.09. The van der Waals surface area contributed by atoms with Crippen molar-refractivity contribution in [3.8, 4) is 0 Å². The minimum absolute atomic E-state index is 0.105. The van der Waals surface area contributed by atoms with E-state index in [0.717, 1.165) is 30.2 Å². The van der Waals surface area contributed by atoms with Gasteiger partial charge in [-0.15, -0.1) is 11.6 Å². The van der Waals surface area contributed by atoms with Crippen LogP contribution in [-0.2, 0) is 0 Å². The van der Waals surface area contributed by atoms with Crippen molar-refractivity contribution in [1.29, 1.82) is 0 Å². The number of alkyl halides is 1. The lowest BCUT2D eigenvalue weighted by molar-refractivity contribution is 0.0599. The third-order valence-corrected chi connectivity index (χ3v) is 5.65. The van der Waals surface area contributed by atoms with E-state index in [9.17, 15) is 4.79 Å². The summed E-state index contributed by atoms with van der Waals surface area (Å²) in [6, 6.07) is 5.97. The summed E-state index contributed by atoms with van der Waals surface area (Å²) in [4.78, 5) is 14.7. The average Bonchev–Trinajstić information content (AvgIpc) is 2.64. The van der Waals surface area contributed by atoms with Crippen molar-refractivity contribution in [2.45, 2.75) is 43.1 Å². The monoisotopic (exact) mass is 361 g/mol. The topological polar surface area (TPSA) is 20.3 Å². The lowest BCUT2D eigenvalue weighted by Gasteiger charge is -2.37. The molecule has 2 atom stereocenters. The third-order valence-electron chi connectivity index (χ3n) is 4.08. The van der Waals surface area contributed by atoms with Gasteiger partial charge in [0, 0.05) is 27.5 Å². The number of halogens is 3. The Morgan fingerprint density at radius 2 is 1.89 bits per heavy atom. The molecule has 2 aliphatic rings. The molecule has 102 valence electrons.